The first-order valence-corrected chi connectivity index (χ1v) is 13.0. The normalized spacial score (nSPS) is 24.2. The Morgan fingerprint density at radius 2 is 1.92 bits per heavy atom. The van der Waals surface area contributed by atoms with E-state index in [1.807, 2.05) is 0 Å². The number of hydrogen-bond acceptors (Lipinski definition) is 12. The maximum atomic E-state index is 13.6. The van der Waals surface area contributed by atoms with E-state index < -0.39 is 50.9 Å². The Morgan fingerprint density at radius 3 is 2.62 bits per heavy atom. The highest BCUT2D eigenvalue weighted by atomic mass is 31.2. The molecule has 6 atom stereocenters. The Morgan fingerprint density at radius 1 is 1.19 bits per heavy atom. The number of ether oxygens (including phenoxy) is 2. The summed E-state index contributed by atoms with van der Waals surface area (Å²) in [5, 5.41) is 23.9. The number of nitrogen functional groups attached to an aromatic ring is 1. The van der Waals surface area contributed by atoms with Gasteiger partial charge in [-0.1, -0.05) is 18.2 Å². The van der Waals surface area contributed by atoms with Gasteiger partial charge in [-0.05, 0) is 32.9 Å². The van der Waals surface area contributed by atoms with E-state index in [0.29, 0.717) is 11.2 Å². The van der Waals surface area contributed by atoms with Crippen molar-refractivity contribution in [1.82, 2.24) is 24.6 Å². The van der Waals surface area contributed by atoms with Crippen LogP contribution in [0.2, 0.25) is 0 Å². The van der Waals surface area contributed by atoms with Crippen LogP contribution in [0.15, 0.2) is 43.0 Å². The van der Waals surface area contributed by atoms with Gasteiger partial charge in [-0.25, -0.2) is 19.5 Å². The van der Waals surface area contributed by atoms with Gasteiger partial charge >= 0.3 is 13.7 Å². The van der Waals surface area contributed by atoms with Gasteiger partial charge in [0, 0.05) is 0 Å². The van der Waals surface area contributed by atoms with Gasteiger partial charge in [0.05, 0.1) is 19.0 Å². The third kappa shape index (κ3) is 6.06. The van der Waals surface area contributed by atoms with Crippen LogP contribution in [0.4, 0.5) is 5.82 Å². The molecule has 0 unspecified atom stereocenters. The minimum absolute atomic E-state index is 0.145. The zero-order valence-corrected chi connectivity index (χ0v) is 21.3. The SMILES string of the molecule is CC(C)OC(=O)[C@H](C)N[P@](=O)(OC[C@H]1O[C@@H](n2cnc3c(N)ncnc32)[C@@H](O)[C@@H]1O)Oc1ccccc1. The average Bonchev–Trinajstić information content (AvgIpc) is 3.40. The van der Waals surface area contributed by atoms with Crippen LogP contribution >= 0.6 is 7.75 Å². The number of carbonyl (C=O) groups excluding carboxylic acids is 1. The van der Waals surface area contributed by atoms with Gasteiger partial charge in [-0.15, -0.1) is 0 Å². The van der Waals surface area contributed by atoms with Crippen LogP contribution in [0.25, 0.3) is 11.2 Å². The molecule has 1 aliphatic heterocycles. The molecule has 37 heavy (non-hydrogen) atoms. The lowest BCUT2D eigenvalue weighted by Crippen LogP contribution is -2.38. The van der Waals surface area contributed by atoms with Gasteiger partial charge in [-0.3, -0.25) is 13.9 Å². The Balaban J connectivity index is 1.50. The van der Waals surface area contributed by atoms with Crippen LogP contribution in [-0.4, -0.2) is 72.8 Å². The number of hydrogen-bond donors (Lipinski definition) is 4. The molecule has 0 radical (unpaired) electrons. The number of nitrogens with two attached hydrogens (primary N) is 1. The van der Waals surface area contributed by atoms with E-state index in [1.165, 1.54) is 24.1 Å². The topological polar surface area (TPSA) is 193 Å². The maximum absolute atomic E-state index is 13.6. The Bertz CT molecular complexity index is 1270. The van der Waals surface area contributed by atoms with E-state index in [-0.39, 0.29) is 17.7 Å². The molecule has 0 saturated carbocycles. The monoisotopic (exact) mass is 536 g/mol. The number of nitrogens with one attached hydrogen (secondary N) is 1. The van der Waals surface area contributed by atoms with E-state index in [0.717, 1.165) is 0 Å². The minimum Gasteiger partial charge on any atom is -0.462 e. The summed E-state index contributed by atoms with van der Waals surface area (Å²) in [5.74, 6) is -0.293. The number of rotatable bonds is 10. The number of benzene rings is 1. The van der Waals surface area contributed by atoms with Gasteiger partial charge < -0.3 is 29.9 Å². The molecule has 3 heterocycles. The number of fused-ring (bicyclic) bond motifs is 1. The van der Waals surface area contributed by atoms with E-state index >= 15 is 0 Å². The summed E-state index contributed by atoms with van der Waals surface area (Å²) in [6.07, 6.45) is -2.82. The van der Waals surface area contributed by atoms with Crippen LogP contribution in [0.1, 0.15) is 27.0 Å². The first-order valence-electron chi connectivity index (χ1n) is 11.5. The standard InChI is InChI=1S/C22H29N6O8P/c1-12(2)34-22(31)13(3)27-37(32,36-14-7-5-4-6-8-14)33-9-15-17(29)18(30)21(35-15)28-11-26-16-19(23)24-10-25-20(16)28/h4-8,10-13,15,17-18,21,29-30H,9H2,1-3H3,(H,27,32)(H2,23,24,25)/t13-,15+,17+,18-,21+,37-/m0/s1. The molecule has 1 aliphatic rings. The van der Waals surface area contributed by atoms with Crippen LogP contribution in [0.3, 0.4) is 0 Å². The highest BCUT2D eigenvalue weighted by Crippen LogP contribution is 2.46. The van der Waals surface area contributed by atoms with Crippen LogP contribution in [0.5, 0.6) is 5.75 Å². The van der Waals surface area contributed by atoms with Crippen molar-refractivity contribution in [1.29, 1.82) is 0 Å². The van der Waals surface area contributed by atoms with E-state index in [2.05, 4.69) is 20.0 Å². The number of aliphatic hydroxyl groups is 2. The second-order valence-electron chi connectivity index (χ2n) is 8.66. The molecule has 15 heteroatoms. The summed E-state index contributed by atoms with van der Waals surface area (Å²) in [4.78, 5) is 24.4. The summed E-state index contributed by atoms with van der Waals surface area (Å²) in [7, 11) is -4.20. The Labute approximate surface area is 212 Å². The number of anilines is 1. The van der Waals surface area contributed by atoms with E-state index in [1.54, 1.807) is 44.2 Å². The molecule has 1 fully saturated rings. The zero-order valence-electron chi connectivity index (χ0n) is 20.4. The summed E-state index contributed by atoms with van der Waals surface area (Å²) in [5.41, 5.74) is 6.42. The van der Waals surface area contributed by atoms with Crippen molar-refractivity contribution in [2.24, 2.45) is 0 Å². The van der Waals surface area contributed by atoms with E-state index in [4.69, 9.17) is 24.3 Å². The number of esters is 1. The number of nitrogens with zero attached hydrogens (tertiary/aromatic N) is 4. The highest BCUT2D eigenvalue weighted by Gasteiger charge is 2.46. The quantitative estimate of drug-likeness (QED) is 0.213. The van der Waals surface area contributed by atoms with E-state index in [9.17, 15) is 19.6 Å². The number of para-hydroxylation sites is 1. The first kappa shape index (κ1) is 26.9. The van der Waals surface area contributed by atoms with Gasteiger partial charge in [0.2, 0.25) is 0 Å². The summed E-state index contributed by atoms with van der Waals surface area (Å²) in [6.45, 7) is 4.37. The third-order valence-electron chi connectivity index (χ3n) is 5.43. The fraction of sp³-hybridized carbons (Fsp3) is 0.455. The second kappa shape index (κ2) is 11.1. The summed E-state index contributed by atoms with van der Waals surface area (Å²) in [6, 6.07) is 7.17. The van der Waals surface area contributed by atoms with Crippen molar-refractivity contribution in [2.75, 3.05) is 12.3 Å². The number of carbonyl (C=O) groups is 1. The lowest BCUT2D eigenvalue weighted by molar-refractivity contribution is -0.149. The number of aromatic nitrogens is 4. The molecule has 5 N–H and O–H groups in total. The molecular formula is C22H29N6O8P. The summed E-state index contributed by atoms with van der Waals surface area (Å²) < 4.78 is 37.2. The van der Waals surface area contributed by atoms with Crippen LogP contribution in [-0.2, 0) is 23.4 Å². The minimum atomic E-state index is -4.20. The molecule has 14 nitrogen and oxygen atoms in total. The van der Waals surface area contributed by atoms with Crippen LogP contribution in [0, 0.1) is 0 Å². The molecule has 2 aromatic heterocycles. The molecule has 200 valence electrons. The average molecular weight is 536 g/mol. The highest BCUT2D eigenvalue weighted by molar-refractivity contribution is 7.52. The van der Waals surface area contributed by atoms with Gasteiger partial charge in [0.1, 0.15) is 41.9 Å². The molecular weight excluding hydrogens is 507 g/mol. The molecule has 0 bridgehead atoms. The molecule has 4 rings (SSSR count). The predicted octanol–water partition coefficient (Wildman–Crippen LogP) is 1.16. The molecule has 0 spiro atoms. The Kier molecular flexibility index (Phi) is 8.07. The van der Waals surface area contributed by atoms with Crippen molar-refractivity contribution in [3.63, 3.8) is 0 Å². The number of aliphatic hydroxyl groups excluding tert-OH is 2. The summed E-state index contributed by atoms with van der Waals surface area (Å²) >= 11 is 0. The fourth-order valence-electron chi connectivity index (χ4n) is 3.66. The lowest BCUT2D eigenvalue weighted by atomic mass is 10.1. The van der Waals surface area contributed by atoms with Crippen LogP contribution < -0.4 is 15.3 Å². The van der Waals surface area contributed by atoms with Crippen molar-refractivity contribution < 1.29 is 38.1 Å². The van der Waals surface area contributed by atoms with Gasteiger partial charge in [0.25, 0.3) is 0 Å². The molecule has 0 amide bonds. The number of imidazole rings is 1. The molecule has 0 aliphatic carbocycles. The largest absolute Gasteiger partial charge is 0.462 e. The molecule has 3 aromatic rings. The Hall–Kier alpha value is -3.13. The van der Waals surface area contributed by atoms with Gasteiger partial charge in [0.15, 0.2) is 17.7 Å². The first-order chi connectivity index (χ1) is 17.6. The van der Waals surface area contributed by atoms with Crippen molar-refractivity contribution in [3.05, 3.63) is 43.0 Å². The van der Waals surface area contributed by atoms with Gasteiger partial charge in [-0.2, -0.15) is 5.09 Å². The zero-order chi connectivity index (χ0) is 26.7. The molecule has 1 aromatic carbocycles. The third-order valence-corrected chi connectivity index (χ3v) is 7.08. The fourth-order valence-corrected chi connectivity index (χ4v) is 5.16. The molecule has 1 saturated heterocycles. The van der Waals surface area contributed by atoms with Crippen molar-refractivity contribution >= 4 is 30.7 Å². The smallest absolute Gasteiger partial charge is 0.459 e. The van der Waals surface area contributed by atoms with Crippen molar-refractivity contribution in [2.45, 2.75) is 57.5 Å². The second-order valence-corrected chi connectivity index (χ2v) is 10.4. The predicted molar refractivity (Wildman–Crippen MR) is 130 cm³/mol. The lowest BCUT2D eigenvalue weighted by Gasteiger charge is -2.25. The van der Waals surface area contributed by atoms with Crippen molar-refractivity contribution in [3.8, 4) is 5.75 Å². The maximum Gasteiger partial charge on any atom is 0.459 e.